The van der Waals surface area contributed by atoms with E-state index in [1.54, 1.807) is 37.8 Å². The van der Waals surface area contributed by atoms with E-state index in [2.05, 4.69) is 25.6 Å². The number of thiazole rings is 1. The zero-order valence-corrected chi connectivity index (χ0v) is 21.0. The van der Waals surface area contributed by atoms with Crippen LogP contribution in [0.2, 0.25) is 0 Å². The number of nitrogens with one attached hydrogen (secondary N) is 3. The van der Waals surface area contributed by atoms with Crippen molar-refractivity contribution in [2.75, 3.05) is 19.0 Å². The van der Waals surface area contributed by atoms with Crippen molar-refractivity contribution in [1.82, 2.24) is 20.3 Å². The average molecular weight is 520 g/mol. The number of amides is 1. The van der Waals surface area contributed by atoms with Crippen LogP contribution in [0, 0.1) is 0 Å². The predicted octanol–water partition coefficient (Wildman–Crippen LogP) is 4.42. The summed E-state index contributed by atoms with van der Waals surface area (Å²) in [6.45, 7) is 2.73. The van der Waals surface area contributed by atoms with Gasteiger partial charge < -0.3 is 30.2 Å². The van der Waals surface area contributed by atoms with Crippen molar-refractivity contribution in [2.45, 2.75) is 25.3 Å². The number of nitrogens with zero attached hydrogens (tertiary/aromatic N) is 2. The number of ether oxygens (including phenoxy) is 2. The number of H-pyrrole nitrogens is 1. The molecular weight excluding hydrogens is 494 g/mol. The van der Waals surface area contributed by atoms with Gasteiger partial charge in [-0.1, -0.05) is 0 Å². The van der Waals surface area contributed by atoms with Crippen molar-refractivity contribution in [2.24, 2.45) is 0 Å². The Morgan fingerprint density at radius 2 is 2.08 bits per heavy atom. The summed E-state index contributed by atoms with van der Waals surface area (Å²) in [5, 5.41) is 17.9. The number of aromatic amines is 1. The number of aromatic carboxylic acids is 1. The third kappa shape index (κ3) is 5.18. The SMILES string of the molecule is COc1cc2c(cc1Oc1ccc(-c3c[nH]c(C(=O)O)c3)nc1)[C@@](C)(CC(=O)Nc1nccs1)NCC2. The minimum Gasteiger partial charge on any atom is -0.493 e. The van der Waals surface area contributed by atoms with Crippen molar-refractivity contribution in [3.63, 3.8) is 0 Å². The summed E-state index contributed by atoms with van der Waals surface area (Å²) in [6.07, 6.45) is 5.83. The molecule has 4 heterocycles. The molecule has 1 atom stereocenters. The third-order valence-electron chi connectivity index (χ3n) is 6.26. The lowest BCUT2D eigenvalue weighted by atomic mass is 9.81. The molecule has 4 aromatic rings. The summed E-state index contributed by atoms with van der Waals surface area (Å²) >= 11 is 1.37. The maximum absolute atomic E-state index is 12.8. The van der Waals surface area contributed by atoms with E-state index < -0.39 is 11.5 Å². The first-order valence-corrected chi connectivity index (χ1v) is 12.4. The van der Waals surface area contributed by atoms with E-state index in [9.17, 15) is 9.59 Å². The number of aromatic nitrogens is 3. The van der Waals surface area contributed by atoms with Gasteiger partial charge in [-0.15, -0.1) is 11.3 Å². The Labute approximate surface area is 216 Å². The van der Waals surface area contributed by atoms with Gasteiger partial charge in [-0.25, -0.2) is 9.78 Å². The number of methoxy groups -OCH3 is 1. The lowest BCUT2D eigenvalue weighted by Gasteiger charge is -2.37. The fourth-order valence-electron chi connectivity index (χ4n) is 4.46. The van der Waals surface area contributed by atoms with Crippen molar-refractivity contribution < 1.29 is 24.2 Å². The molecule has 0 unspecified atom stereocenters. The van der Waals surface area contributed by atoms with Crippen LogP contribution in [0.25, 0.3) is 11.3 Å². The maximum Gasteiger partial charge on any atom is 0.352 e. The molecule has 3 aromatic heterocycles. The number of carbonyl (C=O) groups is 2. The van der Waals surface area contributed by atoms with Crippen molar-refractivity contribution in [3.8, 4) is 28.5 Å². The number of carbonyl (C=O) groups excluding carboxylic acids is 1. The van der Waals surface area contributed by atoms with Crippen molar-refractivity contribution in [3.05, 3.63) is 71.1 Å². The summed E-state index contributed by atoms with van der Waals surface area (Å²) in [5.41, 5.74) is 2.79. The van der Waals surface area contributed by atoms with Crippen LogP contribution in [0.15, 0.2) is 54.3 Å². The van der Waals surface area contributed by atoms with Gasteiger partial charge in [-0.05, 0) is 54.8 Å². The molecule has 0 radical (unpaired) electrons. The van der Waals surface area contributed by atoms with Crippen LogP contribution in [0.5, 0.6) is 17.2 Å². The normalized spacial score (nSPS) is 16.6. The second-order valence-electron chi connectivity index (χ2n) is 8.82. The van der Waals surface area contributed by atoms with Crippen LogP contribution in [0.1, 0.15) is 35.0 Å². The Bertz CT molecular complexity index is 1430. The molecular formula is C26H25N5O5S. The molecule has 1 aliphatic heterocycles. The molecule has 1 aliphatic rings. The van der Waals surface area contributed by atoms with Crippen LogP contribution in [0.4, 0.5) is 5.13 Å². The number of carboxylic acids is 1. The van der Waals surface area contributed by atoms with Crippen LogP contribution < -0.4 is 20.1 Å². The monoisotopic (exact) mass is 519 g/mol. The van der Waals surface area contributed by atoms with E-state index in [4.69, 9.17) is 14.6 Å². The number of carboxylic acid groups (broad SMARTS) is 1. The summed E-state index contributed by atoms with van der Waals surface area (Å²) in [5.74, 6) is 0.402. The molecule has 11 heteroatoms. The summed E-state index contributed by atoms with van der Waals surface area (Å²) < 4.78 is 11.8. The van der Waals surface area contributed by atoms with E-state index in [1.165, 1.54) is 17.4 Å². The summed E-state index contributed by atoms with van der Waals surface area (Å²) in [6, 6.07) is 8.90. The van der Waals surface area contributed by atoms with Gasteiger partial charge in [0.05, 0.1) is 19.0 Å². The highest BCUT2D eigenvalue weighted by molar-refractivity contribution is 7.13. The lowest BCUT2D eigenvalue weighted by Crippen LogP contribution is -2.47. The Morgan fingerprint density at radius 1 is 1.22 bits per heavy atom. The predicted molar refractivity (Wildman–Crippen MR) is 138 cm³/mol. The van der Waals surface area contributed by atoms with E-state index in [0.717, 1.165) is 24.1 Å². The molecule has 4 N–H and O–H groups in total. The molecule has 0 aliphatic carbocycles. The fourth-order valence-corrected chi connectivity index (χ4v) is 5.01. The smallest absolute Gasteiger partial charge is 0.352 e. The molecule has 0 saturated heterocycles. The summed E-state index contributed by atoms with van der Waals surface area (Å²) in [7, 11) is 1.59. The lowest BCUT2D eigenvalue weighted by molar-refractivity contribution is -0.117. The summed E-state index contributed by atoms with van der Waals surface area (Å²) in [4.78, 5) is 35.2. The van der Waals surface area contributed by atoms with Crippen molar-refractivity contribution in [1.29, 1.82) is 0 Å². The first kappa shape index (κ1) is 24.5. The maximum atomic E-state index is 12.8. The van der Waals surface area contributed by atoms with Gasteiger partial charge in [0.15, 0.2) is 16.6 Å². The number of hydrogen-bond acceptors (Lipinski definition) is 8. The van der Waals surface area contributed by atoms with Gasteiger partial charge >= 0.3 is 5.97 Å². The molecule has 1 aromatic carbocycles. The Morgan fingerprint density at radius 3 is 2.76 bits per heavy atom. The van der Waals surface area contributed by atoms with E-state index in [0.29, 0.717) is 33.6 Å². The average Bonchev–Trinajstić information content (AvgIpc) is 3.57. The van der Waals surface area contributed by atoms with Crippen LogP contribution >= 0.6 is 11.3 Å². The largest absolute Gasteiger partial charge is 0.493 e. The van der Waals surface area contributed by atoms with Crippen LogP contribution in [0.3, 0.4) is 0 Å². The van der Waals surface area contributed by atoms with E-state index in [1.807, 2.05) is 24.4 Å². The molecule has 0 bridgehead atoms. The Hall–Kier alpha value is -4.22. The molecule has 190 valence electrons. The van der Waals surface area contributed by atoms with E-state index in [-0.39, 0.29) is 18.0 Å². The van der Waals surface area contributed by atoms with Gasteiger partial charge in [-0.2, -0.15) is 0 Å². The molecule has 0 saturated carbocycles. The topological polar surface area (TPSA) is 138 Å². The highest BCUT2D eigenvalue weighted by Crippen LogP contribution is 2.41. The second kappa shape index (κ2) is 10.0. The number of pyridine rings is 1. The van der Waals surface area contributed by atoms with Gasteiger partial charge in [-0.3, -0.25) is 9.78 Å². The van der Waals surface area contributed by atoms with Gasteiger partial charge in [0.2, 0.25) is 5.91 Å². The Balaban J connectivity index is 1.39. The quantitative estimate of drug-likeness (QED) is 0.268. The number of fused-ring (bicyclic) bond motifs is 1. The highest BCUT2D eigenvalue weighted by Gasteiger charge is 2.35. The highest BCUT2D eigenvalue weighted by atomic mass is 32.1. The van der Waals surface area contributed by atoms with Gasteiger partial charge in [0.25, 0.3) is 0 Å². The first-order chi connectivity index (χ1) is 17.8. The Kier molecular flexibility index (Phi) is 6.64. The number of benzene rings is 1. The molecule has 0 spiro atoms. The number of rotatable bonds is 8. The zero-order valence-electron chi connectivity index (χ0n) is 20.2. The van der Waals surface area contributed by atoms with Crippen LogP contribution in [-0.2, 0) is 16.8 Å². The fraction of sp³-hybridized carbons (Fsp3) is 0.231. The minimum absolute atomic E-state index is 0.0907. The molecule has 0 fully saturated rings. The first-order valence-electron chi connectivity index (χ1n) is 11.6. The second-order valence-corrected chi connectivity index (χ2v) is 9.71. The zero-order chi connectivity index (χ0) is 26.0. The van der Waals surface area contributed by atoms with Crippen LogP contribution in [-0.4, -0.2) is 45.6 Å². The third-order valence-corrected chi connectivity index (χ3v) is 6.95. The van der Waals surface area contributed by atoms with E-state index >= 15 is 0 Å². The molecule has 10 nitrogen and oxygen atoms in total. The van der Waals surface area contributed by atoms with Gasteiger partial charge in [0.1, 0.15) is 11.4 Å². The van der Waals surface area contributed by atoms with Crippen molar-refractivity contribution >= 4 is 28.3 Å². The number of anilines is 1. The molecule has 1 amide bonds. The number of hydrogen-bond donors (Lipinski definition) is 4. The standard InChI is InChI=1S/C26H25N5O5S/c1-26(12-23(32)31-25-27-7-8-37-25)18-11-22(21(35-2)10-15(18)5-6-30-26)36-17-3-4-19(29-14-17)16-9-20(24(33)34)28-13-16/h3-4,7-11,13-14,28,30H,5-6,12H2,1-2H3,(H,33,34)(H,27,31,32)/t26-/m1/s1. The molecule has 37 heavy (non-hydrogen) atoms. The molecule has 5 rings (SSSR count). The minimum atomic E-state index is -1.03. The van der Waals surface area contributed by atoms with Gasteiger partial charge in [0, 0.05) is 41.8 Å².